The molecule has 3 aromatic carbocycles. The first kappa shape index (κ1) is 16.7. The molecule has 0 aromatic heterocycles. The molecular formula is C23H20O3S. The summed E-state index contributed by atoms with van der Waals surface area (Å²) in [5.41, 5.74) is 5.51. The summed E-state index contributed by atoms with van der Waals surface area (Å²) in [6.45, 7) is 2.01. The fraction of sp³-hybridized carbons (Fsp3) is 0.217. The van der Waals surface area contributed by atoms with Crippen molar-refractivity contribution in [2.75, 3.05) is 6.61 Å². The predicted octanol–water partition coefficient (Wildman–Crippen LogP) is 4.54. The van der Waals surface area contributed by atoms with E-state index >= 15 is 0 Å². The summed E-state index contributed by atoms with van der Waals surface area (Å²) in [4.78, 5) is 0.216. The fourth-order valence-corrected chi connectivity index (χ4v) is 5.87. The number of benzene rings is 3. The normalized spacial score (nSPS) is 22.5. The highest BCUT2D eigenvalue weighted by Crippen LogP contribution is 2.60. The average molecular weight is 376 g/mol. The molecule has 0 aliphatic heterocycles. The van der Waals surface area contributed by atoms with Crippen LogP contribution in [0, 0.1) is 6.92 Å². The van der Waals surface area contributed by atoms with Gasteiger partial charge in [-0.3, -0.25) is 4.18 Å². The van der Waals surface area contributed by atoms with Gasteiger partial charge in [0.15, 0.2) is 0 Å². The summed E-state index contributed by atoms with van der Waals surface area (Å²) in [5, 5.41) is 0. The zero-order chi connectivity index (χ0) is 18.6. The van der Waals surface area contributed by atoms with Gasteiger partial charge >= 0.3 is 0 Å². The van der Waals surface area contributed by atoms with Crippen LogP contribution in [0.4, 0.5) is 0 Å². The second-order valence-electron chi connectivity index (χ2n) is 7.55. The number of hydrogen-bond acceptors (Lipinski definition) is 3. The molecule has 3 aromatic rings. The van der Waals surface area contributed by atoms with E-state index in [-0.39, 0.29) is 11.5 Å². The molecule has 0 fully saturated rings. The van der Waals surface area contributed by atoms with Gasteiger partial charge in [-0.1, -0.05) is 60.7 Å². The number of rotatable bonds is 4. The molecule has 27 heavy (non-hydrogen) atoms. The minimum absolute atomic E-state index is 0.133. The van der Waals surface area contributed by atoms with Gasteiger partial charge in [-0.05, 0) is 53.3 Å². The van der Waals surface area contributed by atoms with E-state index < -0.39 is 15.5 Å². The molecule has 3 nitrogen and oxygen atoms in total. The molecule has 0 radical (unpaired) electrons. The van der Waals surface area contributed by atoms with Crippen molar-refractivity contribution in [1.82, 2.24) is 0 Å². The van der Waals surface area contributed by atoms with Gasteiger partial charge in [-0.25, -0.2) is 0 Å². The Morgan fingerprint density at radius 3 is 2.19 bits per heavy atom. The largest absolute Gasteiger partial charge is 0.297 e. The zero-order valence-corrected chi connectivity index (χ0v) is 15.9. The second-order valence-corrected chi connectivity index (χ2v) is 9.16. The van der Waals surface area contributed by atoms with Crippen LogP contribution in [0.3, 0.4) is 0 Å². The minimum atomic E-state index is -3.81. The molecular weight excluding hydrogens is 356 g/mol. The summed E-state index contributed by atoms with van der Waals surface area (Å²) in [6, 6.07) is 23.6. The molecule has 0 N–H and O–H groups in total. The minimum Gasteiger partial charge on any atom is -0.265 e. The highest BCUT2D eigenvalue weighted by molar-refractivity contribution is 7.86. The van der Waals surface area contributed by atoms with E-state index in [2.05, 4.69) is 36.4 Å². The van der Waals surface area contributed by atoms with Crippen molar-refractivity contribution in [1.29, 1.82) is 0 Å². The molecule has 0 heterocycles. The van der Waals surface area contributed by atoms with Crippen LogP contribution in [0.15, 0.2) is 77.7 Å². The molecule has 0 saturated heterocycles. The molecule has 2 bridgehead atoms. The van der Waals surface area contributed by atoms with E-state index in [1.165, 1.54) is 22.3 Å². The van der Waals surface area contributed by atoms with E-state index in [1.54, 1.807) is 18.2 Å². The smallest absolute Gasteiger partial charge is 0.265 e. The molecule has 2 aliphatic rings. The first-order valence-electron chi connectivity index (χ1n) is 9.16. The van der Waals surface area contributed by atoms with Gasteiger partial charge in [0.1, 0.15) is 0 Å². The lowest BCUT2D eigenvalue weighted by molar-refractivity contribution is 0.251. The van der Waals surface area contributed by atoms with Gasteiger partial charge in [0.25, 0.3) is 10.1 Å². The maximum absolute atomic E-state index is 12.8. The Kier molecular flexibility index (Phi) is 3.58. The van der Waals surface area contributed by atoms with Gasteiger partial charge in [-0.15, -0.1) is 0 Å². The molecule has 5 rings (SSSR count). The monoisotopic (exact) mass is 376 g/mol. The molecule has 0 saturated carbocycles. The molecule has 2 aliphatic carbocycles. The second kappa shape index (κ2) is 5.78. The van der Waals surface area contributed by atoms with Crippen molar-refractivity contribution in [3.8, 4) is 0 Å². The van der Waals surface area contributed by atoms with Gasteiger partial charge < -0.3 is 0 Å². The third-order valence-corrected chi connectivity index (χ3v) is 7.25. The number of hydrogen-bond donors (Lipinski definition) is 0. The predicted molar refractivity (Wildman–Crippen MR) is 104 cm³/mol. The number of fused-ring (bicyclic) bond motifs is 8. The fourth-order valence-electron chi connectivity index (χ4n) is 4.81. The van der Waals surface area contributed by atoms with Crippen LogP contribution in [0.1, 0.15) is 40.2 Å². The van der Waals surface area contributed by atoms with Crippen molar-refractivity contribution in [3.05, 3.63) is 101 Å². The zero-order valence-electron chi connectivity index (χ0n) is 15.1. The van der Waals surface area contributed by atoms with E-state index in [1.807, 2.05) is 25.1 Å². The third-order valence-electron chi connectivity index (χ3n) is 5.99. The van der Waals surface area contributed by atoms with Gasteiger partial charge in [-0.2, -0.15) is 8.42 Å². The van der Waals surface area contributed by atoms with Crippen LogP contribution in [0.25, 0.3) is 0 Å². The standard InChI is InChI=1S/C23H20O3S/c1-16-7-6-8-17(13-16)27(24,25)26-15-23-14-20(18-9-2-4-11-21(18)23)19-10-3-5-12-22(19)23/h2-13,20H,14-15H2,1H3. The summed E-state index contributed by atoms with van der Waals surface area (Å²) in [6.07, 6.45) is 0.870. The Bertz CT molecular complexity index is 1100. The lowest BCUT2D eigenvalue weighted by atomic mass is 9.76. The van der Waals surface area contributed by atoms with Gasteiger partial charge in [0.2, 0.25) is 0 Å². The van der Waals surface area contributed by atoms with Gasteiger partial charge in [0, 0.05) is 11.3 Å². The molecule has 0 amide bonds. The Morgan fingerprint density at radius 2 is 1.56 bits per heavy atom. The van der Waals surface area contributed by atoms with Crippen molar-refractivity contribution >= 4 is 10.1 Å². The van der Waals surface area contributed by atoms with E-state index in [0.717, 1.165) is 12.0 Å². The van der Waals surface area contributed by atoms with Crippen molar-refractivity contribution in [2.45, 2.75) is 29.6 Å². The first-order valence-corrected chi connectivity index (χ1v) is 10.6. The van der Waals surface area contributed by atoms with Crippen LogP contribution in [-0.4, -0.2) is 15.0 Å². The first-order chi connectivity index (χ1) is 13.0. The van der Waals surface area contributed by atoms with E-state index in [0.29, 0.717) is 5.92 Å². The summed E-state index contributed by atoms with van der Waals surface area (Å²) < 4.78 is 31.3. The highest BCUT2D eigenvalue weighted by atomic mass is 32.2. The Hall–Kier alpha value is -2.43. The quantitative estimate of drug-likeness (QED) is 0.628. The molecule has 4 heteroatoms. The Balaban J connectivity index is 1.56. The molecule has 0 unspecified atom stereocenters. The average Bonchev–Trinajstić information content (AvgIpc) is 3.20. The molecule has 0 spiro atoms. The van der Waals surface area contributed by atoms with Crippen LogP contribution in [0.2, 0.25) is 0 Å². The van der Waals surface area contributed by atoms with Crippen LogP contribution < -0.4 is 0 Å². The maximum atomic E-state index is 12.8. The van der Waals surface area contributed by atoms with Crippen LogP contribution in [0.5, 0.6) is 0 Å². The lowest BCUT2D eigenvalue weighted by Gasteiger charge is -2.30. The maximum Gasteiger partial charge on any atom is 0.297 e. The van der Waals surface area contributed by atoms with Crippen molar-refractivity contribution in [3.63, 3.8) is 0 Å². The SMILES string of the molecule is Cc1cccc(S(=O)(=O)OCC23CC(c4ccccc42)c2ccccc23)c1. The highest BCUT2D eigenvalue weighted by Gasteiger charge is 2.53. The van der Waals surface area contributed by atoms with Crippen molar-refractivity contribution < 1.29 is 12.6 Å². The van der Waals surface area contributed by atoms with Gasteiger partial charge in [0.05, 0.1) is 11.5 Å². The molecule has 0 atom stereocenters. The van der Waals surface area contributed by atoms with E-state index in [9.17, 15) is 8.42 Å². The summed E-state index contributed by atoms with van der Waals surface area (Å²) >= 11 is 0. The van der Waals surface area contributed by atoms with Crippen molar-refractivity contribution in [2.24, 2.45) is 0 Å². The Labute approximate surface area is 159 Å². The lowest BCUT2D eigenvalue weighted by Crippen LogP contribution is -2.31. The summed E-state index contributed by atoms with van der Waals surface area (Å²) in [5.74, 6) is 0.322. The van der Waals surface area contributed by atoms with Crippen LogP contribution in [-0.2, 0) is 19.7 Å². The Morgan fingerprint density at radius 1 is 0.926 bits per heavy atom. The molecule has 136 valence electrons. The summed E-state index contributed by atoms with van der Waals surface area (Å²) in [7, 11) is -3.81. The van der Waals surface area contributed by atoms with E-state index in [4.69, 9.17) is 4.18 Å². The third kappa shape index (κ3) is 2.40. The number of aryl methyl sites for hydroxylation is 1. The topological polar surface area (TPSA) is 43.4 Å². The van der Waals surface area contributed by atoms with Crippen LogP contribution >= 0.6 is 0 Å².